The lowest BCUT2D eigenvalue weighted by atomic mass is 10.3. The number of nitrogens with two attached hydrogens (primary N) is 1. The maximum Gasteiger partial charge on any atom is 0.301 e. The molecule has 112 valence electrons. The number of hydrogen-bond acceptors (Lipinski definition) is 4. The second kappa shape index (κ2) is 7.11. The van der Waals surface area contributed by atoms with Crippen molar-refractivity contribution in [2.45, 2.75) is 13.8 Å². The van der Waals surface area contributed by atoms with Gasteiger partial charge in [-0.2, -0.15) is 12.7 Å². The van der Waals surface area contributed by atoms with Gasteiger partial charge in [0.05, 0.1) is 5.69 Å². The third-order valence-corrected chi connectivity index (χ3v) is 4.21. The first-order chi connectivity index (χ1) is 9.39. The van der Waals surface area contributed by atoms with Gasteiger partial charge in [-0.1, -0.05) is 19.9 Å². The summed E-state index contributed by atoms with van der Waals surface area (Å²) in [6, 6.07) is 6.50. The van der Waals surface area contributed by atoms with Crippen molar-refractivity contribution in [2.75, 3.05) is 24.4 Å². The number of rotatable bonds is 8. The van der Waals surface area contributed by atoms with Gasteiger partial charge in [0, 0.05) is 19.2 Å². The highest BCUT2D eigenvalue weighted by molar-refractivity contribution is 7.90. The van der Waals surface area contributed by atoms with Gasteiger partial charge < -0.3 is 10.5 Å². The van der Waals surface area contributed by atoms with Crippen LogP contribution in [0.15, 0.2) is 24.3 Å². The third kappa shape index (κ3) is 4.71. The van der Waals surface area contributed by atoms with Crippen LogP contribution in [0.3, 0.4) is 0 Å². The molecule has 0 bridgehead atoms. The molecule has 0 aliphatic heterocycles. The second-order valence-electron chi connectivity index (χ2n) is 4.03. The molecule has 0 radical (unpaired) electrons. The molecular formula is C12H20N4O3S. The van der Waals surface area contributed by atoms with Crippen LogP contribution in [-0.4, -0.2) is 38.3 Å². The van der Waals surface area contributed by atoms with Crippen LogP contribution < -0.4 is 15.2 Å². The minimum absolute atomic E-state index is 0.0355. The van der Waals surface area contributed by atoms with E-state index in [1.54, 1.807) is 38.1 Å². The van der Waals surface area contributed by atoms with Crippen LogP contribution in [-0.2, 0) is 10.2 Å². The fraction of sp³-hybridized carbons (Fsp3) is 0.417. The van der Waals surface area contributed by atoms with Gasteiger partial charge in [-0.25, -0.2) is 0 Å². The quantitative estimate of drug-likeness (QED) is 0.491. The molecule has 0 fully saturated rings. The highest BCUT2D eigenvalue weighted by Crippen LogP contribution is 2.19. The smallest absolute Gasteiger partial charge is 0.301 e. The van der Waals surface area contributed by atoms with Crippen molar-refractivity contribution in [1.82, 2.24) is 4.31 Å². The van der Waals surface area contributed by atoms with Crippen molar-refractivity contribution < 1.29 is 13.2 Å². The predicted molar refractivity (Wildman–Crippen MR) is 79.3 cm³/mol. The van der Waals surface area contributed by atoms with E-state index in [-0.39, 0.29) is 12.4 Å². The molecule has 1 aromatic rings. The Morgan fingerprint density at radius 3 is 2.60 bits per heavy atom. The topological polar surface area (TPSA) is 109 Å². The van der Waals surface area contributed by atoms with E-state index in [2.05, 4.69) is 4.72 Å². The molecule has 8 heteroatoms. The van der Waals surface area contributed by atoms with E-state index in [1.807, 2.05) is 0 Å². The summed E-state index contributed by atoms with van der Waals surface area (Å²) in [6.45, 7) is 4.30. The molecule has 0 aliphatic rings. The van der Waals surface area contributed by atoms with Crippen molar-refractivity contribution in [2.24, 2.45) is 5.73 Å². The normalized spacial score (nSPS) is 11.3. The fourth-order valence-corrected chi connectivity index (χ4v) is 2.82. The molecule has 1 aromatic carbocycles. The van der Waals surface area contributed by atoms with Gasteiger partial charge in [-0.15, -0.1) is 0 Å². The molecule has 0 spiro atoms. The zero-order chi connectivity index (χ0) is 15.2. The van der Waals surface area contributed by atoms with Crippen LogP contribution >= 0.6 is 0 Å². The van der Waals surface area contributed by atoms with Gasteiger partial charge in [-0.05, 0) is 12.1 Å². The first kappa shape index (κ1) is 16.3. The third-order valence-electron chi connectivity index (χ3n) is 2.52. The lowest BCUT2D eigenvalue weighted by molar-refractivity contribution is 0.374. The number of nitrogens with one attached hydrogen (secondary N) is 2. The molecule has 0 amide bonds. The zero-order valence-corrected chi connectivity index (χ0v) is 12.4. The standard InChI is InChI=1S/C12H20N4O3S/c1-3-16(4-2)20(17,18)15-10-6-5-7-11(8-10)19-9-12(13)14/h5-8,15H,3-4,9H2,1-2H3,(H3,13,14). The summed E-state index contributed by atoms with van der Waals surface area (Å²) in [7, 11) is -3.56. The summed E-state index contributed by atoms with van der Waals surface area (Å²) in [5, 5.41) is 7.08. The van der Waals surface area contributed by atoms with E-state index in [1.165, 1.54) is 4.31 Å². The Bertz CT molecular complexity index is 556. The van der Waals surface area contributed by atoms with Gasteiger partial charge >= 0.3 is 10.2 Å². The Morgan fingerprint density at radius 1 is 1.40 bits per heavy atom. The first-order valence-corrected chi connectivity index (χ1v) is 7.66. The van der Waals surface area contributed by atoms with Crippen LogP contribution in [0.4, 0.5) is 5.69 Å². The molecule has 1 rings (SSSR count). The van der Waals surface area contributed by atoms with Gasteiger partial charge in [0.2, 0.25) is 0 Å². The molecular weight excluding hydrogens is 280 g/mol. The van der Waals surface area contributed by atoms with Crippen LogP contribution in [0.25, 0.3) is 0 Å². The monoisotopic (exact) mass is 300 g/mol. The van der Waals surface area contributed by atoms with Crippen molar-refractivity contribution >= 4 is 21.7 Å². The number of benzene rings is 1. The summed E-state index contributed by atoms with van der Waals surface area (Å²) in [4.78, 5) is 0. The second-order valence-corrected chi connectivity index (χ2v) is 5.70. The van der Waals surface area contributed by atoms with Crippen LogP contribution in [0.5, 0.6) is 5.75 Å². The number of ether oxygens (including phenoxy) is 1. The van der Waals surface area contributed by atoms with Crippen molar-refractivity contribution in [3.05, 3.63) is 24.3 Å². The van der Waals surface area contributed by atoms with E-state index < -0.39 is 10.2 Å². The maximum atomic E-state index is 12.1. The van der Waals surface area contributed by atoms with Crippen molar-refractivity contribution in [3.63, 3.8) is 0 Å². The molecule has 0 saturated heterocycles. The summed E-state index contributed by atoms with van der Waals surface area (Å²) >= 11 is 0. The van der Waals surface area contributed by atoms with E-state index in [4.69, 9.17) is 15.9 Å². The van der Waals surface area contributed by atoms with Crippen LogP contribution in [0, 0.1) is 5.41 Å². The minimum atomic E-state index is -3.56. The van der Waals surface area contributed by atoms with Gasteiger partial charge in [0.25, 0.3) is 0 Å². The van der Waals surface area contributed by atoms with E-state index in [0.29, 0.717) is 24.5 Å². The fourth-order valence-electron chi connectivity index (χ4n) is 1.59. The average molecular weight is 300 g/mol. The Balaban J connectivity index is 2.82. The first-order valence-electron chi connectivity index (χ1n) is 6.22. The van der Waals surface area contributed by atoms with Crippen molar-refractivity contribution in [1.29, 1.82) is 5.41 Å². The average Bonchev–Trinajstić information content (AvgIpc) is 2.37. The maximum absolute atomic E-state index is 12.1. The Kier molecular flexibility index (Phi) is 5.78. The molecule has 7 nitrogen and oxygen atoms in total. The highest BCUT2D eigenvalue weighted by atomic mass is 32.2. The molecule has 0 aliphatic carbocycles. The molecule has 20 heavy (non-hydrogen) atoms. The molecule has 0 aromatic heterocycles. The Morgan fingerprint density at radius 2 is 2.05 bits per heavy atom. The van der Waals surface area contributed by atoms with E-state index in [0.717, 1.165) is 0 Å². The van der Waals surface area contributed by atoms with Gasteiger partial charge in [0.1, 0.15) is 18.2 Å². The van der Waals surface area contributed by atoms with Crippen molar-refractivity contribution in [3.8, 4) is 5.75 Å². The van der Waals surface area contributed by atoms with E-state index in [9.17, 15) is 8.42 Å². The lowest BCUT2D eigenvalue weighted by Crippen LogP contribution is -2.35. The summed E-state index contributed by atoms with van der Waals surface area (Å²) in [5.74, 6) is 0.346. The van der Waals surface area contributed by atoms with Gasteiger partial charge in [-0.3, -0.25) is 10.1 Å². The molecule has 0 atom stereocenters. The number of nitrogens with zero attached hydrogens (tertiary/aromatic N) is 1. The molecule has 0 heterocycles. The van der Waals surface area contributed by atoms with Gasteiger partial charge in [0.15, 0.2) is 0 Å². The minimum Gasteiger partial charge on any atom is -0.486 e. The summed E-state index contributed by atoms with van der Waals surface area (Å²) in [6.07, 6.45) is 0. The Labute approximate surface area is 119 Å². The molecule has 0 saturated carbocycles. The molecule has 0 unspecified atom stereocenters. The number of anilines is 1. The summed E-state index contributed by atoms with van der Waals surface area (Å²) < 4.78 is 33.2. The Hall–Kier alpha value is -1.80. The SMILES string of the molecule is CCN(CC)S(=O)(=O)Nc1cccc(OCC(=N)N)c1. The van der Waals surface area contributed by atoms with E-state index >= 15 is 0 Å². The molecule has 4 N–H and O–H groups in total. The largest absolute Gasteiger partial charge is 0.486 e. The van der Waals surface area contributed by atoms with Crippen LogP contribution in [0.2, 0.25) is 0 Å². The number of amidine groups is 1. The zero-order valence-electron chi connectivity index (χ0n) is 11.6. The lowest BCUT2D eigenvalue weighted by Gasteiger charge is -2.19. The van der Waals surface area contributed by atoms with Crippen LogP contribution in [0.1, 0.15) is 13.8 Å². The highest BCUT2D eigenvalue weighted by Gasteiger charge is 2.18. The number of hydrogen-bond donors (Lipinski definition) is 3. The predicted octanol–water partition coefficient (Wildman–Crippen LogP) is 1.000. The summed E-state index contributed by atoms with van der Waals surface area (Å²) in [5.41, 5.74) is 5.60.